The van der Waals surface area contributed by atoms with Crippen molar-refractivity contribution in [3.8, 4) is 0 Å². The van der Waals surface area contributed by atoms with Crippen molar-refractivity contribution in [1.29, 1.82) is 0 Å². The monoisotopic (exact) mass is 321 g/mol. The maximum Gasteiger partial charge on any atom is 0.261 e. The summed E-state index contributed by atoms with van der Waals surface area (Å²) in [5, 5.41) is 2.56. The first kappa shape index (κ1) is 15.2. The Kier molecular flexibility index (Phi) is 4.62. The van der Waals surface area contributed by atoms with Crippen LogP contribution in [0.25, 0.3) is 0 Å². The minimum absolute atomic E-state index is 0.196. The van der Waals surface area contributed by atoms with Gasteiger partial charge in [0.15, 0.2) is 0 Å². The second kappa shape index (κ2) is 6.07. The number of hydrogen-bond donors (Lipinski definition) is 1. The Bertz CT molecular complexity index is 614. The van der Waals surface area contributed by atoms with E-state index in [2.05, 4.69) is 5.32 Å². The first-order valence-corrected chi connectivity index (χ1v) is 8.29. The molecule has 0 bridgehead atoms. The zero-order valence-electron chi connectivity index (χ0n) is 10.4. The number of nitrogens with one attached hydrogen (secondary N) is 1. The molecule has 1 aliphatic heterocycles. The molecule has 1 aliphatic rings. The topological polar surface area (TPSA) is 72.5 Å². The SMILES string of the molecule is O=C(NCC1CCOC1)c1cc(S(=O)(=O)Cl)ccc1F. The number of halogens is 2. The maximum absolute atomic E-state index is 13.6. The summed E-state index contributed by atoms with van der Waals surface area (Å²) in [6.45, 7) is 1.56. The quantitative estimate of drug-likeness (QED) is 0.853. The first-order valence-electron chi connectivity index (χ1n) is 5.98. The van der Waals surface area contributed by atoms with Gasteiger partial charge in [-0.2, -0.15) is 0 Å². The zero-order chi connectivity index (χ0) is 14.8. The number of rotatable bonds is 4. The Balaban J connectivity index is 2.12. The lowest BCUT2D eigenvalue weighted by molar-refractivity contribution is 0.0940. The van der Waals surface area contributed by atoms with Crippen molar-refractivity contribution in [2.45, 2.75) is 11.3 Å². The fourth-order valence-corrected chi connectivity index (χ4v) is 2.68. The summed E-state index contributed by atoms with van der Waals surface area (Å²) in [4.78, 5) is 11.6. The molecule has 2 rings (SSSR count). The smallest absolute Gasteiger partial charge is 0.261 e. The second-order valence-electron chi connectivity index (χ2n) is 4.52. The number of carbonyl (C=O) groups is 1. The van der Waals surface area contributed by atoms with E-state index >= 15 is 0 Å². The molecule has 0 aromatic heterocycles. The van der Waals surface area contributed by atoms with E-state index in [-0.39, 0.29) is 16.4 Å². The molecule has 0 spiro atoms. The molecular weight excluding hydrogens is 309 g/mol. The van der Waals surface area contributed by atoms with Gasteiger partial charge in [-0.25, -0.2) is 12.8 Å². The van der Waals surface area contributed by atoms with E-state index < -0.39 is 20.8 Å². The van der Waals surface area contributed by atoms with Crippen molar-refractivity contribution in [2.75, 3.05) is 19.8 Å². The van der Waals surface area contributed by atoms with Gasteiger partial charge in [0.2, 0.25) is 0 Å². The van der Waals surface area contributed by atoms with E-state index in [1.807, 2.05) is 0 Å². The molecule has 1 aromatic rings. The number of amides is 1. The van der Waals surface area contributed by atoms with Gasteiger partial charge < -0.3 is 10.1 Å². The molecule has 5 nitrogen and oxygen atoms in total. The summed E-state index contributed by atoms with van der Waals surface area (Å²) in [7, 11) is 1.17. The van der Waals surface area contributed by atoms with E-state index in [9.17, 15) is 17.6 Å². The van der Waals surface area contributed by atoms with E-state index in [0.29, 0.717) is 19.8 Å². The number of benzene rings is 1. The Labute approximate surface area is 120 Å². The van der Waals surface area contributed by atoms with Crippen LogP contribution in [0, 0.1) is 11.7 Å². The van der Waals surface area contributed by atoms with E-state index in [1.165, 1.54) is 0 Å². The summed E-state index contributed by atoms with van der Waals surface area (Å²) < 4.78 is 41.1. The van der Waals surface area contributed by atoms with Crippen LogP contribution in [0.4, 0.5) is 4.39 Å². The average Bonchev–Trinajstić information content (AvgIpc) is 2.88. The fourth-order valence-electron chi connectivity index (χ4n) is 1.91. The van der Waals surface area contributed by atoms with Crippen LogP contribution in [-0.4, -0.2) is 34.1 Å². The molecule has 1 heterocycles. The lowest BCUT2D eigenvalue weighted by Crippen LogP contribution is -2.30. The molecule has 1 aromatic carbocycles. The van der Waals surface area contributed by atoms with Gasteiger partial charge in [0, 0.05) is 29.8 Å². The Morgan fingerprint density at radius 2 is 2.25 bits per heavy atom. The van der Waals surface area contributed by atoms with Crippen molar-refractivity contribution in [2.24, 2.45) is 5.92 Å². The summed E-state index contributed by atoms with van der Waals surface area (Å²) in [5.41, 5.74) is -0.342. The third-order valence-electron chi connectivity index (χ3n) is 3.04. The lowest BCUT2D eigenvalue weighted by Gasteiger charge is -2.10. The Morgan fingerprint density at radius 3 is 2.85 bits per heavy atom. The fraction of sp³-hybridized carbons (Fsp3) is 0.417. The third-order valence-corrected chi connectivity index (χ3v) is 4.39. The number of hydrogen-bond acceptors (Lipinski definition) is 4. The van der Waals surface area contributed by atoms with E-state index in [1.54, 1.807) is 0 Å². The third kappa shape index (κ3) is 3.68. The van der Waals surface area contributed by atoms with Gasteiger partial charge in [-0.15, -0.1) is 0 Å². The Hall–Kier alpha value is -1.18. The molecular formula is C12H13ClFNO4S. The van der Waals surface area contributed by atoms with Crippen LogP contribution in [0.3, 0.4) is 0 Å². The summed E-state index contributed by atoms with van der Waals surface area (Å²) >= 11 is 0. The molecule has 0 aliphatic carbocycles. The highest BCUT2D eigenvalue weighted by Gasteiger charge is 2.20. The highest BCUT2D eigenvalue weighted by Crippen LogP contribution is 2.19. The van der Waals surface area contributed by atoms with Crippen LogP contribution in [0.5, 0.6) is 0 Å². The largest absolute Gasteiger partial charge is 0.381 e. The van der Waals surface area contributed by atoms with Gasteiger partial charge in [-0.1, -0.05) is 0 Å². The predicted octanol–water partition coefficient (Wildman–Crippen LogP) is 1.52. The molecule has 0 saturated carbocycles. The average molecular weight is 322 g/mol. The van der Waals surface area contributed by atoms with Gasteiger partial charge >= 0.3 is 0 Å². The lowest BCUT2D eigenvalue weighted by atomic mass is 10.1. The summed E-state index contributed by atoms with van der Waals surface area (Å²) in [6, 6.07) is 2.85. The number of ether oxygens (including phenoxy) is 1. The Morgan fingerprint density at radius 1 is 1.50 bits per heavy atom. The van der Waals surface area contributed by atoms with Crippen LogP contribution in [0.15, 0.2) is 23.1 Å². The van der Waals surface area contributed by atoms with Crippen molar-refractivity contribution >= 4 is 25.6 Å². The van der Waals surface area contributed by atoms with Gasteiger partial charge in [-0.05, 0) is 24.6 Å². The molecule has 1 amide bonds. The second-order valence-corrected chi connectivity index (χ2v) is 7.09. The zero-order valence-corrected chi connectivity index (χ0v) is 12.0. The van der Waals surface area contributed by atoms with Crippen LogP contribution in [0.1, 0.15) is 16.8 Å². The minimum Gasteiger partial charge on any atom is -0.381 e. The maximum atomic E-state index is 13.6. The molecule has 1 N–H and O–H groups in total. The van der Waals surface area contributed by atoms with Gasteiger partial charge in [0.05, 0.1) is 17.1 Å². The molecule has 0 radical (unpaired) electrons. The molecule has 1 saturated heterocycles. The van der Waals surface area contributed by atoms with E-state index in [0.717, 1.165) is 24.6 Å². The standard InChI is InChI=1S/C12H13ClFNO4S/c13-20(17,18)9-1-2-11(14)10(5-9)12(16)15-6-8-3-4-19-7-8/h1-2,5,8H,3-4,6-7H2,(H,15,16). The van der Waals surface area contributed by atoms with Crippen LogP contribution >= 0.6 is 10.7 Å². The molecule has 8 heteroatoms. The molecule has 1 fully saturated rings. The van der Waals surface area contributed by atoms with Crippen LogP contribution in [-0.2, 0) is 13.8 Å². The molecule has 20 heavy (non-hydrogen) atoms. The summed E-state index contributed by atoms with van der Waals surface area (Å²) in [5.74, 6) is -1.27. The van der Waals surface area contributed by atoms with Crippen molar-refractivity contribution in [3.63, 3.8) is 0 Å². The molecule has 1 unspecified atom stereocenters. The summed E-state index contributed by atoms with van der Waals surface area (Å²) in [6.07, 6.45) is 0.832. The van der Waals surface area contributed by atoms with Crippen molar-refractivity contribution in [3.05, 3.63) is 29.6 Å². The molecule has 1 atom stereocenters. The predicted molar refractivity (Wildman–Crippen MR) is 70.7 cm³/mol. The van der Waals surface area contributed by atoms with Gasteiger partial charge in [0.25, 0.3) is 15.0 Å². The van der Waals surface area contributed by atoms with Gasteiger partial charge in [-0.3, -0.25) is 4.79 Å². The van der Waals surface area contributed by atoms with Crippen LogP contribution < -0.4 is 5.32 Å². The van der Waals surface area contributed by atoms with E-state index in [4.69, 9.17) is 15.4 Å². The highest BCUT2D eigenvalue weighted by atomic mass is 35.7. The first-order chi connectivity index (χ1) is 9.38. The number of carbonyl (C=O) groups excluding carboxylic acids is 1. The normalized spacial score (nSPS) is 19.0. The van der Waals surface area contributed by atoms with Crippen LogP contribution in [0.2, 0.25) is 0 Å². The van der Waals surface area contributed by atoms with Gasteiger partial charge in [0.1, 0.15) is 5.82 Å². The minimum atomic E-state index is -4.00. The van der Waals surface area contributed by atoms with Crippen molar-refractivity contribution < 1.29 is 22.3 Å². The van der Waals surface area contributed by atoms with Crippen molar-refractivity contribution in [1.82, 2.24) is 5.32 Å². The highest BCUT2D eigenvalue weighted by molar-refractivity contribution is 8.13. The molecule has 110 valence electrons.